The lowest BCUT2D eigenvalue weighted by atomic mass is 10.1. The largest absolute Gasteiger partial charge is 0.359 e. The molecule has 0 radical (unpaired) electrons. The second kappa shape index (κ2) is 6.40. The lowest BCUT2D eigenvalue weighted by Crippen LogP contribution is -2.34. The molecule has 0 bridgehead atoms. The van der Waals surface area contributed by atoms with E-state index < -0.39 is 0 Å². The van der Waals surface area contributed by atoms with E-state index in [2.05, 4.69) is 10.5 Å². The maximum Gasteiger partial charge on any atom is 0.322 e. The van der Waals surface area contributed by atoms with Gasteiger partial charge < -0.3 is 14.7 Å². The highest BCUT2D eigenvalue weighted by atomic mass is 19.1. The molecular weight excluding hydrogens is 297 g/mol. The summed E-state index contributed by atoms with van der Waals surface area (Å²) in [5.41, 5.74) is 1.33. The summed E-state index contributed by atoms with van der Waals surface area (Å²) in [5.74, 6) is 0.613. The Morgan fingerprint density at radius 3 is 2.96 bits per heavy atom. The molecule has 0 spiro atoms. The number of hydrogen-bond acceptors (Lipinski definition) is 3. The second-order valence-electron chi connectivity index (χ2n) is 6.10. The molecule has 5 nitrogen and oxygen atoms in total. The summed E-state index contributed by atoms with van der Waals surface area (Å²) in [7, 11) is 0. The van der Waals surface area contributed by atoms with Crippen LogP contribution in [0.4, 0.5) is 14.9 Å². The van der Waals surface area contributed by atoms with Gasteiger partial charge in [0.15, 0.2) is 5.76 Å². The van der Waals surface area contributed by atoms with Gasteiger partial charge in [0.25, 0.3) is 0 Å². The lowest BCUT2D eigenvalue weighted by Gasteiger charge is -2.23. The van der Waals surface area contributed by atoms with Crippen LogP contribution < -0.4 is 5.32 Å². The van der Waals surface area contributed by atoms with Crippen molar-refractivity contribution in [2.24, 2.45) is 0 Å². The van der Waals surface area contributed by atoms with E-state index in [0.29, 0.717) is 18.0 Å². The number of halogens is 1. The molecule has 23 heavy (non-hydrogen) atoms. The van der Waals surface area contributed by atoms with Crippen molar-refractivity contribution < 1.29 is 13.7 Å². The van der Waals surface area contributed by atoms with Gasteiger partial charge in [-0.15, -0.1) is 0 Å². The average Bonchev–Trinajstić information content (AvgIpc) is 3.16. The van der Waals surface area contributed by atoms with Crippen molar-refractivity contribution in [2.75, 3.05) is 11.9 Å². The van der Waals surface area contributed by atoms with Crippen LogP contribution in [0.5, 0.6) is 0 Å². The maximum absolute atomic E-state index is 13.2. The molecule has 1 aromatic carbocycles. The molecule has 2 amide bonds. The molecule has 122 valence electrons. The molecule has 1 atom stereocenters. The van der Waals surface area contributed by atoms with Crippen molar-refractivity contribution in [1.29, 1.82) is 0 Å². The maximum atomic E-state index is 13.2. The van der Waals surface area contributed by atoms with Crippen LogP contribution in [0, 0.1) is 5.82 Å². The Labute approximate surface area is 134 Å². The number of likely N-dealkylation sites (tertiary alicyclic amines) is 1. The monoisotopic (exact) mass is 317 g/mol. The van der Waals surface area contributed by atoms with Crippen LogP contribution in [0.1, 0.15) is 50.1 Å². The number of rotatable bonds is 3. The van der Waals surface area contributed by atoms with Gasteiger partial charge in [0.1, 0.15) is 5.82 Å². The van der Waals surface area contributed by atoms with E-state index in [9.17, 15) is 9.18 Å². The Hall–Kier alpha value is -2.37. The minimum Gasteiger partial charge on any atom is -0.359 e. The zero-order valence-corrected chi connectivity index (χ0v) is 13.3. The third-order valence-electron chi connectivity index (χ3n) is 4.06. The Morgan fingerprint density at radius 1 is 1.43 bits per heavy atom. The van der Waals surface area contributed by atoms with Gasteiger partial charge in [0, 0.05) is 18.3 Å². The third kappa shape index (κ3) is 3.36. The Balaban J connectivity index is 1.74. The Morgan fingerprint density at radius 2 is 2.26 bits per heavy atom. The van der Waals surface area contributed by atoms with Crippen LogP contribution in [0.25, 0.3) is 0 Å². The molecule has 0 saturated carbocycles. The van der Waals surface area contributed by atoms with E-state index in [1.807, 2.05) is 19.9 Å². The molecule has 1 aliphatic heterocycles. The van der Waals surface area contributed by atoms with Crippen molar-refractivity contribution >= 4 is 11.7 Å². The van der Waals surface area contributed by atoms with Crippen molar-refractivity contribution in [3.8, 4) is 0 Å². The van der Waals surface area contributed by atoms with Crippen LogP contribution in [0.15, 0.2) is 34.9 Å². The minimum absolute atomic E-state index is 0.122. The average molecular weight is 317 g/mol. The van der Waals surface area contributed by atoms with E-state index in [1.165, 1.54) is 12.1 Å². The summed E-state index contributed by atoms with van der Waals surface area (Å²) >= 11 is 0. The van der Waals surface area contributed by atoms with Crippen molar-refractivity contribution in [1.82, 2.24) is 10.1 Å². The molecule has 1 N–H and O–H groups in total. The highest BCUT2D eigenvalue weighted by Gasteiger charge is 2.33. The summed E-state index contributed by atoms with van der Waals surface area (Å²) in [4.78, 5) is 14.2. The first kappa shape index (κ1) is 15.5. The number of nitrogens with one attached hydrogen (secondary N) is 1. The van der Waals surface area contributed by atoms with E-state index in [1.54, 1.807) is 17.0 Å². The van der Waals surface area contributed by atoms with E-state index in [-0.39, 0.29) is 23.8 Å². The minimum atomic E-state index is -0.377. The number of amides is 2. The molecule has 3 rings (SSSR count). The van der Waals surface area contributed by atoms with Crippen molar-refractivity contribution in [2.45, 2.75) is 38.6 Å². The molecule has 2 aromatic rings. The number of carbonyl (C=O) groups is 1. The molecular formula is C17H20FN3O2. The number of carbonyl (C=O) groups excluding carboxylic acids is 1. The molecule has 0 aliphatic carbocycles. The molecule has 1 aromatic heterocycles. The van der Waals surface area contributed by atoms with Gasteiger partial charge in [-0.25, -0.2) is 9.18 Å². The first-order valence-corrected chi connectivity index (χ1v) is 7.84. The molecule has 1 aliphatic rings. The zero-order chi connectivity index (χ0) is 16.4. The molecule has 2 heterocycles. The summed E-state index contributed by atoms with van der Waals surface area (Å²) in [6.07, 6.45) is 1.74. The highest BCUT2D eigenvalue weighted by Crippen LogP contribution is 2.33. The normalized spacial score (nSPS) is 17.7. The molecule has 1 saturated heterocycles. The first-order valence-electron chi connectivity index (χ1n) is 7.84. The quantitative estimate of drug-likeness (QED) is 0.918. The van der Waals surface area contributed by atoms with Crippen LogP contribution in [-0.2, 0) is 0 Å². The van der Waals surface area contributed by atoms with Gasteiger partial charge in [-0.2, -0.15) is 0 Å². The third-order valence-corrected chi connectivity index (χ3v) is 4.06. The van der Waals surface area contributed by atoms with Gasteiger partial charge >= 0.3 is 6.03 Å². The lowest BCUT2D eigenvalue weighted by molar-refractivity contribution is 0.195. The first-order chi connectivity index (χ1) is 11.0. The second-order valence-corrected chi connectivity index (χ2v) is 6.10. The SMILES string of the molecule is CC(C)c1cc([C@H]2CCCN2C(=O)Nc2cccc(F)c2)on1. The number of aromatic nitrogens is 1. The standard InChI is InChI=1S/C17H20FN3O2/c1-11(2)14-10-16(23-20-14)15-7-4-8-21(15)17(22)19-13-6-3-5-12(18)9-13/h3,5-6,9-11,15H,4,7-8H2,1-2H3,(H,19,22)/t15-/m1/s1. The van der Waals surface area contributed by atoms with Crippen LogP contribution in [0.2, 0.25) is 0 Å². The smallest absolute Gasteiger partial charge is 0.322 e. The van der Waals surface area contributed by atoms with Gasteiger partial charge in [-0.05, 0) is 37.0 Å². The summed E-state index contributed by atoms with van der Waals surface area (Å²) < 4.78 is 18.7. The van der Waals surface area contributed by atoms with E-state index >= 15 is 0 Å². The summed E-state index contributed by atoms with van der Waals surface area (Å²) in [5, 5.41) is 6.81. The molecule has 6 heteroatoms. The van der Waals surface area contributed by atoms with Crippen LogP contribution in [0.3, 0.4) is 0 Å². The zero-order valence-electron chi connectivity index (χ0n) is 13.3. The van der Waals surface area contributed by atoms with Gasteiger partial charge in [-0.1, -0.05) is 25.1 Å². The van der Waals surface area contributed by atoms with E-state index in [0.717, 1.165) is 18.5 Å². The number of hydrogen-bond donors (Lipinski definition) is 1. The number of nitrogens with zero attached hydrogens (tertiary/aromatic N) is 2. The molecule has 1 fully saturated rings. The fourth-order valence-electron chi connectivity index (χ4n) is 2.80. The Bertz CT molecular complexity index is 699. The van der Waals surface area contributed by atoms with Crippen molar-refractivity contribution in [3.63, 3.8) is 0 Å². The number of benzene rings is 1. The van der Waals surface area contributed by atoms with Gasteiger partial charge in [0.2, 0.25) is 0 Å². The predicted molar refractivity (Wildman–Crippen MR) is 84.7 cm³/mol. The van der Waals surface area contributed by atoms with Crippen LogP contribution >= 0.6 is 0 Å². The van der Waals surface area contributed by atoms with E-state index in [4.69, 9.17) is 4.52 Å². The fourth-order valence-corrected chi connectivity index (χ4v) is 2.80. The molecule has 0 unspecified atom stereocenters. The fraction of sp³-hybridized carbons (Fsp3) is 0.412. The van der Waals surface area contributed by atoms with Gasteiger partial charge in [0.05, 0.1) is 11.7 Å². The predicted octanol–water partition coefficient (Wildman–Crippen LogP) is 4.31. The van der Waals surface area contributed by atoms with Crippen LogP contribution in [-0.4, -0.2) is 22.6 Å². The topological polar surface area (TPSA) is 58.4 Å². The Kier molecular flexibility index (Phi) is 4.32. The summed E-state index contributed by atoms with van der Waals surface area (Å²) in [6.45, 7) is 4.74. The van der Waals surface area contributed by atoms with Crippen molar-refractivity contribution in [3.05, 3.63) is 47.6 Å². The van der Waals surface area contributed by atoms with Gasteiger partial charge in [-0.3, -0.25) is 0 Å². The number of urea groups is 1. The number of anilines is 1. The summed E-state index contributed by atoms with van der Waals surface area (Å²) in [6, 6.07) is 7.42. The highest BCUT2D eigenvalue weighted by molar-refractivity contribution is 5.89.